The SMILES string of the molecule is CC[C@H]1c2ccsc2CCN1C(=O)CCN1C(=O)[C@H]2CCCC[C@H]2C1=O. The molecule has 3 atom stereocenters. The highest BCUT2D eigenvalue weighted by Gasteiger charge is 2.48. The number of carbonyl (C=O) groups is 3. The van der Waals surface area contributed by atoms with Gasteiger partial charge >= 0.3 is 0 Å². The summed E-state index contributed by atoms with van der Waals surface area (Å²) in [7, 11) is 0. The van der Waals surface area contributed by atoms with Crippen molar-refractivity contribution in [3.63, 3.8) is 0 Å². The molecule has 1 saturated carbocycles. The van der Waals surface area contributed by atoms with Crippen molar-refractivity contribution in [2.45, 2.75) is 57.9 Å². The fraction of sp³-hybridized carbons (Fsp3) is 0.650. The molecular formula is C20H26N2O3S. The number of hydrogen-bond acceptors (Lipinski definition) is 4. The summed E-state index contributed by atoms with van der Waals surface area (Å²) in [5.41, 5.74) is 1.27. The van der Waals surface area contributed by atoms with E-state index in [1.807, 2.05) is 4.90 Å². The Hall–Kier alpha value is -1.69. The third kappa shape index (κ3) is 2.88. The van der Waals surface area contributed by atoms with Gasteiger partial charge in [0.05, 0.1) is 17.9 Å². The predicted octanol–water partition coefficient (Wildman–Crippen LogP) is 3.15. The molecule has 140 valence electrons. The molecule has 0 bridgehead atoms. The van der Waals surface area contributed by atoms with Crippen molar-refractivity contribution in [2.75, 3.05) is 13.1 Å². The summed E-state index contributed by atoms with van der Waals surface area (Å²) in [5.74, 6) is -0.281. The molecular weight excluding hydrogens is 348 g/mol. The van der Waals surface area contributed by atoms with Crippen molar-refractivity contribution in [1.82, 2.24) is 9.80 Å². The lowest BCUT2D eigenvalue weighted by Gasteiger charge is -2.35. The summed E-state index contributed by atoms with van der Waals surface area (Å²) < 4.78 is 0. The van der Waals surface area contributed by atoms with Crippen molar-refractivity contribution in [2.24, 2.45) is 11.8 Å². The molecule has 0 aromatic carbocycles. The van der Waals surface area contributed by atoms with Gasteiger partial charge in [0, 0.05) is 24.4 Å². The van der Waals surface area contributed by atoms with Crippen LogP contribution in [0.4, 0.5) is 0 Å². The molecule has 1 aromatic heterocycles. The fourth-order valence-corrected chi connectivity index (χ4v) is 5.87. The summed E-state index contributed by atoms with van der Waals surface area (Å²) in [6.45, 7) is 3.08. The predicted molar refractivity (Wildman–Crippen MR) is 99.6 cm³/mol. The molecule has 4 rings (SSSR count). The maximum Gasteiger partial charge on any atom is 0.233 e. The summed E-state index contributed by atoms with van der Waals surface area (Å²) in [4.78, 5) is 42.7. The van der Waals surface area contributed by atoms with Gasteiger partial charge in [-0.1, -0.05) is 19.8 Å². The zero-order valence-electron chi connectivity index (χ0n) is 15.3. The van der Waals surface area contributed by atoms with Gasteiger partial charge in [0.15, 0.2) is 0 Å². The van der Waals surface area contributed by atoms with E-state index in [9.17, 15) is 14.4 Å². The van der Waals surface area contributed by atoms with Gasteiger partial charge in [-0.15, -0.1) is 11.3 Å². The maximum atomic E-state index is 12.9. The number of amides is 3. The zero-order chi connectivity index (χ0) is 18.3. The minimum Gasteiger partial charge on any atom is -0.335 e. The normalized spacial score (nSPS) is 28.3. The highest BCUT2D eigenvalue weighted by Crippen LogP contribution is 2.38. The average Bonchev–Trinajstić information content (AvgIpc) is 3.23. The number of fused-ring (bicyclic) bond motifs is 2. The second kappa shape index (κ2) is 7.14. The molecule has 0 spiro atoms. The van der Waals surface area contributed by atoms with E-state index in [1.165, 1.54) is 15.3 Å². The monoisotopic (exact) mass is 374 g/mol. The molecule has 2 aliphatic heterocycles. The van der Waals surface area contributed by atoms with Gasteiger partial charge in [-0.25, -0.2) is 0 Å². The molecule has 0 radical (unpaired) electrons. The van der Waals surface area contributed by atoms with Crippen LogP contribution in [0.25, 0.3) is 0 Å². The standard InChI is InChI=1S/C20H26N2O3S/c1-2-16-15-9-12-26-17(15)7-10-21(16)18(23)8-11-22-19(24)13-5-3-4-6-14(13)20(22)25/h9,12-14,16H,2-8,10-11H2,1H3/t13-,14+,16-/m0/s1. The Kier molecular flexibility index (Phi) is 4.86. The van der Waals surface area contributed by atoms with Crippen molar-refractivity contribution in [1.29, 1.82) is 0 Å². The number of hydrogen-bond donors (Lipinski definition) is 0. The molecule has 3 amide bonds. The Morgan fingerprint density at radius 3 is 2.54 bits per heavy atom. The second-order valence-electron chi connectivity index (χ2n) is 7.64. The Labute approximate surface area is 158 Å². The average molecular weight is 375 g/mol. The topological polar surface area (TPSA) is 57.7 Å². The smallest absolute Gasteiger partial charge is 0.233 e. The molecule has 6 heteroatoms. The molecule has 3 heterocycles. The van der Waals surface area contributed by atoms with Crippen molar-refractivity contribution in [3.8, 4) is 0 Å². The van der Waals surface area contributed by atoms with Crippen LogP contribution in [-0.4, -0.2) is 40.6 Å². The number of imide groups is 1. The van der Waals surface area contributed by atoms with E-state index in [-0.39, 0.29) is 48.6 Å². The summed E-state index contributed by atoms with van der Waals surface area (Å²) in [6.07, 6.45) is 5.74. The highest BCUT2D eigenvalue weighted by molar-refractivity contribution is 7.10. The summed E-state index contributed by atoms with van der Waals surface area (Å²) in [6, 6.07) is 2.26. The first-order chi connectivity index (χ1) is 12.6. The largest absolute Gasteiger partial charge is 0.335 e. The van der Waals surface area contributed by atoms with E-state index in [0.717, 1.165) is 45.1 Å². The van der Waals surface area contributed by atoms with Crippen molar-refractivity contribution in [3.05, 3.63) is 21.9 Å². The van der Waals surface area contributed by atoms with Crippen LogP contribution < -0.4 is 0 Å². The minimum atomic E-state index is -0.127. The van der Waals surface area contributed by atoms with Gasteiger partial charge in [0.2, 0.25) is 17.7 Å². The van der Waals surface area contributed by atoms with E-state index < -0.39 is 0 Å². The number of thiophene rings is 1. The Balaban J connectivity index is 1.41. The van der Waals surface area contributed by atoms with Crippen LogP contribution in [0.2, 0.25) is 0 Å². The Morgan fingerprint density at radius 1 is 1.19 bits per heavy atom. The summed E-state index contributed by atoms with van der Waals surface area (Å²) >= 11 is 1.77. The van der Waals surface area contributed by atoms with Crippen LogP contribution in [0.5, 0.6) is 0 Å². The van der Waals surface area contributed by atoms with Gasteiger partial charge in [-0.3, -0.25) is 19.3 Å². The van der Waals surface area contributed by atoms with Crippen LogP contribution in [0.1, 0.15) is 61.9 Å². The van der Waals surface area contributed by atoms with E-state index in [0.29, 0.717) is 0 Å². The first-order valence-corrected chi connectivity index (χ1v) is 10.7. The van der Waals surface area contributed by atoms with E-state index in [4.69, 9.17) is 0 Å². The third-order valence-electron chi connectivity index (χ3n) is 6.28. The highest BCUT2D eigenvalue weighted by atomic mass is 32.1. The van der Waals surface area contributed by atoms with Gasteiger partial charge in [-0.2, -0.15) is 0 Å². The van der Waals surface area contributed by atoms with Crippen LogP contribution >= 0.6 is 11.3 Å². The number of rotatable bonds is 4. The number of carbonyl (C=O) groups excluding carboxylic acids is 3. The second-order valence-corrected chi connectivity index (χ2v) is 8.64. The molecule has 3 aliphatic rings. The van der Waals surface area contributed by atoms with Crippen LogP contribution in [0.3, 0.4) is 0 Å². The number of likely N-dealkylation sites (tertiary alicyclic amines) is 1. The molecule has 5 nitrogen and oxygen atoms in total. The lowest BCUT2D eigenvalue weighted by Crippen LogP contribution is -2.41. The molecule has 0 unspecified atom stereocenters. The first kappa shape index (κ1) is 17.7. The van der Waals surface area contributed by atoms with Gasteiger partial charge in [-0.05, 0) is 42.7 Å². The van der Waals surface area contributed by atoms with Crippen LogP contribution in [0, 0.1) is 11.8 Å². The Morgan fingerprint density at radius 2 is 1.88 bits per heavy atom. The van der Waals surface area contributed by atoms with Crippen LogP contribution in [0.15, 0.2) is 11.4 Å². The third-order valence-corrected chi connectivity index (χ3v) is 7.28. The van der Waals surface area contributed by atoms with Gasteiger partial charge < -0.3 is 4.90 Å². The van der Waals surface area contributed by atoms with Crippen LogP contribution in [-0.2, 0) is 20.8 Å². The fourth-order valence-electron chi connectivity index (χ4n) is 4.94. The van der Waals surface area contributed by atoms with Crippen molar-refractivity contribution >= 4 is 29.1 Å². The molecule has 1 saturated heterocycles. The van der Waals surface area contributed by atoms with E-state index >= 15 is 0 Å². The molecule has 26 heavy (non-hydrogen) atoms. The zero-order valence-corrected chi connectivity index (χ0v) is 16.1. The van der Waals surface area contributed by atoms with Crippen molar-refractivity contribution < 1.29 is 14.4 Å². The lowest BCUT2D eigenvalue weighted by molar-refractivity contribution is -0.141. The molecule has 1 aromatic rings. The molecule has 1 aliphatic carbocycles. The first-order valence-electron chi connectivity index (χ1n) is 9.82. The molecule has 0 N–H and O–H groups in total. The van der Waals surface area contributed by atoms with Gasteiger partial charge in [0.1, 0.15) is 0 Å². The van der Waals surface area contributed by atoms with E-state index in [1.54, 1.807) is 11.3 Å². The molecule has 2 fully saturated rings. The summed E-state index contributed by atoms with van der Waals surface area (Å²) in [5, 5.41) is 2.10. The minimum absolute atomic E-state index is 0.0432. The lowest BCUT2D eigenvalue weighted by atomic mass is 9.81. The van der Waals surface area contributed by atoms with Gasteiger partial charge in [0.25, 0.3) is 0 Å². The quantitative estimate of drug-likeness (QED) is 0.761. The number of nitrogens with zero attached hydrogens (tertiary/aromatic N) is 2. The maximum absolute atomic E-state index is 12.9. The van der Waals surface area contributed by atoms with E-state index in [2.05, 4.69) is 18.4 Å². The Bertz CT molecular complexity index is 704.